The van der Waals surface area contributed by atoms with Crippen LogP contribution in [0.5, 0.6) is 0 Å². The molecule has 1 aliphatic rings. The van der Waals surface area contributed by atoms with E-state index in [9.17, 15) is 5.53 Å². The summed E-state index contributed by atoms with van der Waals surface area (Å²) < 4.78 is 10.6. The fourth-order valence-corrected chi connectivity index (χ4v) is 6.04. The van der Waals surface area contributed by atoms with E-state index >= 15 is 0 Å². The van der Waals surface area contributed by atoms with Gasteiger partial charge in [-0.15, -0.1) is 0 Å². The number of unbranched alkanes of at least 4 members (excludes halogenated alkanes) is 6. The number of aryl methyl sites for hydroxylation is 4. The van der Waals surface area contributed by atoms with Gasteiger partial charge in [0.05, 0.1) is 0 Å². The summed E-state index contributed by atoms with van der Waals surface area (Å²) in [5, 5.41) is 0. The Kier molecular flexibility index (Phi) is 19.6. The first-order valence-electron chi connectivity index (χ1n) is 17.3. The molecule has 0 fully saturated rings. The predicted octanol–water partition coefficient (Wildman–Crippen LogP) is 11.6. The SMILES string of the molecule is CCCCCC1=C(c2cc(CCCC)cc(CCCC)c2)[N+](=[N-])C(c2cc(CCCC)cc(CCCC)c2)=C1.C[O][Pd][O]C. The van der Waals surface area contributed by atoms with E-state index in [1.807, 2.05) is 0 Å². The second kappa shape index (κ2) is 22.6. The van der Waals surface area contributed by atoms with Crippen molar-refractivity contribution < 1.29 is 30.3 Å². The van der Waals surface area contributed by atoms with Crippen LogP contribution in [0.2, 0.25) is 0 Å². The van der Waals surface area contributed by atoms with E-state index in [1.54, 1.807) is 14.2 Å². The van der Waals surface area contributed by atoms with Crippen LogP contribution < -0.4 is 0 Å². The van der Waals surface area contributed by atoms with E-state index in [4.69, 9.17) is 0 Å². The molecule has 248 valence electrons. The topological polar surface area (TPSA) is 43.8 Å². The third kappa shape index (κ3) is 12.8. The number of hydrogen-bond acceptors (Lipinski definition) is 2. The second-order valence-corrected chi connectivity index (χ2v) is 13.5. The monoisotopic (exact) mass is 694 g/mol. The standard InChI is InChI=1S/C37H54N2.2CH3O.Pd/c1-6-11-16-21-33-28-36(34-24-29(17-12-7-2)22-30(25-34)18-13-8-3)39(38)37(33)35-26-31(19-14-9-4)23-32(27-35)20-15-10-5;2*1-2;/h22-28H,6-21H2,1-5H3;2*1H3;/q;2*-1;+2. The van der Waals surface area contributed by atoms with Crippen LogP contribution in [0, 0.1) is 0 Å². The van der Waals surface area contributed by atoms with Crippen molar-refractivity contribution in [2.75, 3.05) is 14.2 Å². The summed E-state index contributed by atoms with van der Waals surface area (Å²) in [4.78, 5) is 0. The van der Waals surface area contributed by atoms with Crippen molar-refractivity contribution in [2.24, 2.45) is 0 Å². The first-order chi connectivity index (χ1) is 21.5. The van der Waals surface area contributed by atoms with Crippen LogP contribution in [-0.4, -0.2) is 18.9 Å². The summed E-state index contributed by atoms with van der Waals surface area (Å²) in [6.45, 7) is 11.3. The molecule has 1 heterocycles. The molecule has 0 radical (unpaired) electrons. The Hall–Kier alpha value is -1.90. The van der Waals surface area contributed by atoms with E-state index in [-0.39, 0.29) is 18.7 Å². The third-order valence-corrected chi connectivity index (χ3v) is 8.68. The molecule has 3 rings (SSSR count). The average molecular weight is 695 g/mol. The Morgan fingerprint density at radius 1 is 0.545 bits per heavy atom. The van der Waals surface area contributed by atoms with Crippen LogP contribution in [0.3, 0.4) is 0 Å². The molecular weight excluding hydrogens is 635 g/mol. The number of benzene rings is 2. The molecule has 0 saturated carbocycles. The molecule has 0 aliphatic carbocycles. The van der Waals surface area contributed by atoms with Crippen LogP contribution in [0.4, 0.5) is 0 Å². The van der Waals surface area contributed by atoms with Gasteiger partial charge in [0.25, 0.3) is 0 Å². The summed E-state index contributed by atoms with van der Waals surface area (Å²) in [5.74, 6) is 0. The number of allylic oxidation sites excluding steroid dienone is 2. The number of nitrogens with zero attached hydrogens (tertiary/aromatic N) is 2. The molecule has 2 aromatic carbocycles. The molecule has 0 bridgehead atoms. The molecule has 0 spiro atoms. The van der Waals surface area contributed by atoms with Crippen LogP contribution in [0.1, 0.15) is 145 Å². The number of rotatable bonds is 20. The first-order valence-corrected chi connectivity index (χ1v) is 18.6. The Labute approximate surface area is 279 Å². The molecule has 0 amide bonds. The second-order valence-electron chi connectivity index (χ2n) is 12.0. The van der Waals surface area contributed by atoms with Gasteiger partial charge in [0.15, 0.2) is 0 Å². The molecule has 2 aromatic rings. The van der Waals surface area contributed by atoms with Gasteiger partial charge in [0.2, 0.25) is 11.4 Å². The van der Waals surface area contributed by atoms with Gasteiger partial charge >= 0.3 is 39.9 Å². The van der Waals surface area contributed by atoms with Gasteiger partial charge in [-0.3, -0.25) is 0 Å². The number of hydrogen-bond donors (Lipinski definition) is 0. The van der Waals surface area contributed by atoms with Crippen LogP contribution >= 0.6 is 0 Å². The van der Waals surface area contributed by atoms with E-state index in [1.165, 1.54) is 102 Å². The quantitative estimate of drug-likeness (QED) is 0.0786. The fourth-order valence-electron chi connectivity index (χ4n) is 5.78. The zero-order valence-electron chi connectivity index (χ0n) is 28.9. The minimum absolute atomic E-state index is 0.0444. The summed E-state index contributed by atoms with van der Waals surface area (Å²) in [6.07, 6.45) is 20.9. The van der Waals surface area contributed by atoms with Gasteiger partial charge < -0.3 is 5.53 Å². The molecule has 0 aromatic heterocycles. The Bertz CT molecular complexity index is 1150. The molecule has 0 atom stereocenters. The van der Waals surface area contributed by atoms with Crippen molar-refractivity contribution in [1.29, 1.82) is 0 Å². The van der Waals surface area contributed by atoms with Crippen LogP contribution in [0.25, 0.3) is 16.9 Å². The molecule has 5 heteroatoms. The summed E-state index contributed by atoms with van der Waals surface area (Å²) in [6, 6.07) is 14.2. The molecule has 1 aliphatic heterocycles. The van der Waals surface area contributed by atoms with Gasteiger partial charge in [0, 0.05) is 22.8 Å². The Morgan fingerprint density at radius 2 is 0.955 bits per heavy atom. The molecule has 4 nitrogen and oxygen atoms in total. The van der Waals surface area contributed by atoms with Crippen molar-refractivity contribution in [2.45, 2.75) is 137 Å². The molecule has 0 N–H and O–H groups in total. The van der Waals surface area contributed by atoms with Gasteiger partial charge in [-0.1, -0.05) is 85.3 Å². The average Bonchev–Trinajstić information content (AvgIpc) is 3.37. The fraction of sp³-hybridized carbons (Fsp3) is 0.590. The maximum absolute atomic E-state index is 11.9. The Morgan fingerprint density at radius 3 is 1.32 bits per heavy atom. The van der Waals surface area contributed by atoms with Gasteiger partial charge in [0.1, 0.15) is 0 Å². The van der Waals surface area contributed by atoms with Gasteiger partial charge in [-0.2, -0.15) is 0 Å². The predicted molar refractivity (Wildman–Crippen MR) is 184 cm³/mol. The normalized spacial score (nSPS) is 13.0. The zero-order valence-corrected chi connectivity index (χ0v) is 30.4. The zero-order chi connectivity index (χ0) is 32.2. The minimum atomic E-state index is 0.0444. The molecule has 0 unspecified atom stereocenters. The van der Waals surface area contributed by atoms with Gasteiger partial charge in [-0.05, 0) is 111 Å². The summed E-state index contributed by atoms with van der Waals surface area (Å²) in [7, 11) is 3.22. The van der Waals surface area contributed by atoms with Crippen molar-refractivity contribution in [3.63, 3.8) is 0 Å². The van der Waals surface area contributed by atoms with Crippen molar-refractivity contribution in [1.82, 2.24) is 0 Å². The van der Waals surface area contributed by atoms with Gasteiger partial charge in [-0.25, -0.2) is 4.70 Å². The summed E-state index contributed by atoms with van der Waals surface area (Å²) in [5.41, 5.74) is 23.1. The van der Waals surface area contributed by atoms with E-state index in [0.717, 1.165) is 55.5 Å². The van der Waals surface area contributed by atoms with Crippen molar-refractivity contribution in [3.8, 4) is 0 Å². The Balaban J connectivity index is 0.00000125. The first kappa shape index (κ1) is 38.3. The summed E-state index contributed by atoms with van der Waals surface area (Å²) >= 11 is 0.0444. The van der Waals surface area contributed by atoms with E-state index in [2.05, 4.69) is 84.0 Å². The third-order valence-electron chi connectivity index (χ3n) is 8.16. The molecule has 0 saturated heterocycles. The van der Waals surface area contributed by atoms with Crippen LogP contribution in [0.15, 0.2) is 48.0 Å². The van der Waals surface area contributed by atoms with E-state index < -0.39 is 0 Å². The van der Waals surface area contributed by atoms with E-state index in [0.29, 0.717) is 0 Å². The molecular formula is C39H60N2O2Pd. The molecule has 44 heavy (non-hydrogen) atoms. The van der Waals surface area contributed by atoms with Crippen molar-refractivity contribution in [3.05, 3.63) is 87.0 Å². The maximum atomic E-state index is 11.9. The van der Waals surface area contributed by atoms with Crippen molar-refractivity contribution >= 4 is 11.4 Å². The van der Waals surface area contributed by atoms with Crippen LogP contribution in [-0.2, 0) is 51.3 Å².